The first-order valence-corrected chi connectivity index (χ1v) is 15.0. The second-order valence-corrected chi connectivity index (χ2v) is 12.9. The Morgan fingerprint density at radius 1 is 1.16 bits per heavy atom. The van der Waals surface area contributed by atoms with Crippen molar-refractivity contribution in [3.05, 3.63) is 24.3 Å². The molecule has 1 saturated heterocycles. The normalized spacial score (nSPS) is 34.5. The first-order valence-electron chi connectivity index (χ1n) is 13.8. The Morgan fingerprint density at radius 3 is 2.57 bits per heavy atom. The first-order chi connectivity index (χ1) is 17.6. The predicted molar refractivity (Wildman–Crippen MR) is 146 cm³/mol. The first kappa shape index (κ1) is 28.2. The summed E-state index contributed by atoms with van der Waals surface area (Å²) in [4.78, 5) is 29.2. The third-order valence-corrected chi connectivity index (χ3v) is 10.5. The Kier molecular flexibility index (Phi) is 8.81. The van der Waals surface area contributed by atoms with Crippen molar-refractivity contribution in [3.8, 4) is 0 Å². The highest BCUT2D eigenvalue weighted by atomic mass is 32.2. The van der Waals surface area contributed by atoms with Crippen molar-refractivity contribution < 1.29 is 24.5 Å². The molecule has 0 aromatic heterocycles. The number of carbonyl (C=O) groups is 2. The average molecular weight is 533 g/mol. The van der Waals surface area contributed by atoms with Crippen LogP contribution >= 0.6 is 11.8 Å². The van der Waals surface area contributed by atoms with Crippen LogP contribution in [0.4, 0.5) is 10.5 Å². The molecule has 1 aromatic rings. The fraction of sp³-hybridized carbons (Fsp3) is 0.724. The zero-order valence-electron chi connectivity index (χ0n) is 22.7. The second kappa shape index (κ2) is 11.5. The van der Waals surface area contributed by atoms with E-state index in [1.807, 2.05) is 42.3 Å². The summed E-state index contributed by atoms with van der Waals surface area (Å²) in [5.41, 5.74) is -0.306. The molecule has 7 nitrogen and oxygen atoms in total. The lowest BCUT2D eigenvalue weighted by atomic mass is 9.46. The Balaban J connectivity index is 1.47. The van der Waals surface area contributed by atoms with E-state index in [4.69, 9.17) is 4.74 Å². The number of nitrogens with one attached hydrogen (secondary N) is 1. The van der Waals surface area contributed by atoms with Crippen LogP contribution in [-0.4, -0.2) is 65.3 Å². The SMILES string of the molecule is CSc1cccc(NC(=O)O[C@@H]2CC[C@]3(C)C(CC[C@@H](O)[C@H]3CC(=O)N3CCC(C)CC3)[C@]2(C)CO)c1. The maximum Gasteiger partial charge on any atom is 0.411 e. The molecule has 3 fully saturated rings. The summed E-state index contributed by atoms with van der Waals surface area (Å²) in [6, 6.07) is 7.61. The molecule has 37 heavy (non-hydrogen) atoms. The van der Waals surface area contributed by atoms with Crippen molar-refractivity contribution in [2.75, 3.05) is 31.3 Å². The fourth-order valence-corrected chi connectivity index (χ4v) is 7.79. The van der Waals surface area contributed by atoms with Gasteiger partial charge >= 0.3 is 6.09 Å². The van der Waals surface area contributed by atoms with Gasteiger partial charge in [-0.3, -0.25) is 10.1 Å². The van der Waals surface area contributed by atoms with E-state index in [1.165, 1.54) is 0 Å². The molecule has 0 spiro atoms. The monoisotopic (exact) mass is 532 g/mol. The lowest BCUT2D eigenvalue weighted by molar-refractivity contribution is -0.186. The van der Waals surface area contributed by atoms with Crippen molar-refractivity contribution in [1.82, 2.24) is 4.90 Å². The molecule has 1 unspecified atom stereocenters. The molecule has 206 valence electrons. The van der Waals surface area contributed by atoms with Gasteiger partial charge in [0.15, 0.2) is 0 Å². The number of amides is 2. The van der Waals surface area contributed by atoms with Gasteiger partial charge in [-0.1, -0.05) is 26.8 Å². The average Bonchev–Trinajstić information content (AvgIpc) is 2.88. The van der Waals surface area contributed by atoms with Crippen LogP contribution in [0, 0.1) is 28.6 Å². The molecule has 1 aliphatic heterocycles. The predicted octanol–water partition coefficient (Wildman–Crippen LogP) is 5.16. The van der Waals surface area contributed by atoms with E-state index in [0.29, 0.717) is 30.9 Å². The Labute approximate surface area is 225 Å². The Bertz CT molecular complexity index is 967. The van der Waals surface area contributed by atoms with Gasteiger partial charge in [0.2, 0.25) is 5.91 Å². The number of fused-ring (bicyclic) bond motifs is 1. The van der Waals surface area contributed by atoms with Crippen LogP contribution in [0.25, 0.3) is 0 Å². The molecule has 1 heterocycles. The topological polar surface area (TPSA) is 99.1 Å². The van der Waals surface area contributed by atoms with Gasteiger partial charge in [0.1, 0.15) is 6.10 Å². The van der Waals surface area contributed by atoms with Gasteiger partial charge in [-0.25, -0.2) is 4.79 Å². The van der Waals surface area contributed by atoms with Crippen LogP contribution in [0.3, 0.4) is 0 Å². The molecule has 2 saturated carbocycles. The lowest BCUT2D eigenvalue weighted by Gasteiger charge is -2.60. The number of piperidine rings is 1. The molecule has 0 bridgehead atoms. The number of nitrogens with zero attached hydrogens (tertiary/aromatic N) is 1. The van der Waals surface area contributed by atoms with Crippen molar-refractivity contribution in [3.63, 3.8) is 0 Å². The van der Waals surface area contributed by atoms with Gasteiger partial charge in [0, 0.05) is 35.5 Å². The number of aliphatic hydroxyl groups is 2. The molecule has 3 aliphatic rings. The van der Waals surface area contributed by atoms with Crippen LogP contribution in [0.5, 0.6) is 0 Å². The lowest BCUT2D eigenvalue weighted by Crippen LogP contribution is -2.61. The van der Waals surface area contributed by atoms with E-state index >= 15 is 0 Å². The Morgan fingerprint density at radius 2 is 1.89 bits per heavy atom. The van der Waals surface area contributed by atoms with Gasteiger partial charge < -0.3 is 19.8 Å². The largest absolute Gasteiger partial charge is 0.445 e. The zero-order chi connectivity index (χ0) is 26.8. The van der Waals surface area contributed by atoms with Gasteiger partial charge in [0.05, 0.1) is 12.7 Å². The zero-order valence-corrected chi connectivity index (χ0v) is 23.6. The molecule has 1 aromatic carbocycles. The van der Waals surface area contributed by atoms with Gasteiger partial charge in [-0.2, -0.15) is 0 Å². The minimum atomic E-state index is -0.659. The summed E-state index contributed by atoms with van der Waals surface area (Å²) >= 11 is 1.60. The van der Waals surface area contributed by atoms with E-state index in [0.717, 1.165) is 43.7 Å². The molecule has 8 heteroatoms. The highest BCUT2D eigenvalue weighted by Gasteiger charge is 2.60. The number of benzene rings is 1. The van der Waals surface area contributed by atoms with Crippen LogP contribution in [-0.2, 0) is 9.53 Å². The van der Waals surface area contributed by atoms with Crippen LogP contribution < -0.4 is 5.32 Å². The van der Waals surface area contributed by atoms with Crippen molar-refractivity contribution in [2.45, 2.75) is 82.8 Å². The minimum Gasteiger partial charge on any atom is -0.445 e. The van der Waals surface area contributed by atoms with Crippen molar-refractivity contribution in [2.24, 2.45) is 28.6 Å². The molecule has 6 atom stereocenters. The minimum absolute atomic E-state index is 0.0268. The van der Waals surface area contributed by atoms with Gasteiger partial charge in [-0.15, -0.1) is 11.8 Å². The van der Waals surface area contributed by atoms with Crippen LogP contribution in [0.1, 0.15) is 65.7 Å². The molecular formula is C29H44N2O5S. The van der Waals surface area contributed by atoms with E-state index in [2.05, 4.69) is 19.2 Å². The van der Waals surface area contributed by atoms with Crippen molar-refractivity contribution in [1.29, 1.82) is 0 Å². The molecule has 2 aliphatic carbocycles. The number of aliphatic hydroxyl groups excluding tert-OH is 2. The summed E-state index contributed by atoms with van der Waals surface area (Å²) in [6.07, 6.45) is 5.52. The molecular weight excluding hydrogens is 488 g/mol. The smallest absolute Gasteiger partial charge is 0.411 e. The number of thioether (sulfide) groups is 1. The number of carbonyl (C=O) groups excluding carboxylic acids is 2. The molecule has 3 N–H and O–H groups in total. The van der Waals surface area contributed by atoms with E-state index < -0.39 is 23.7 Å². The Hall–Kier alpha value is -1.77. The third-order valence-electron chi connectivity index (χ3n) is 9.77. The fourth-order valence-electron chi connectivity index (χ4n) is 7.33. The summed E-state index contributed by atoms with van der Waals surface area (Å²) in [5, 5.41) is 24.6. The summed E-state index contributed by atoms with van der Waals surface area (Å²) < 4.78 is 5.96. The quantitative estimate of drug-likeness (QED) is 0.438. The maximum atomic E-state index is 13.3. The highest BCUT2D eigenvalue weighted by Crippen LogP contribution is 2.61. The highest BCUT2D eigenvalue weighted by molar-refractivity contribution is 7.98. The summed E-state index contributed by atoms with van der Waals surface area (Å²) in [7, 11) is 0. The number of anilines is 1. The third kappa shape index (κ3) is 5.81. The van der Waals surface area contributed by atoms with Crippen LogP contribution in [0.2, 0.25) is 0 Å². The molecule has 2 amide bonds. The molecule has 4 rings (SSSR count). The van der Waals surface area contributed by atoms with Crippen LogP contribution in [0.15, 0.2) is 29.2 Å². The van der Waals surface area contributed by atoms with E-state index in [1.54, 1.807) is 11.8 Å². The number of hydrogen-bond acceptors (Lipinski definition) is 6. The number of likely N-dealkylation sites (tertiary alicyclic amines) is 1. The van der Waals surface area contributed by atoms with Gasteiger partial charge in [0.25, 0.3) is 0 Å². The van der Waals surface area contributed by atoms with Crippen molar-refractivity contribution >= 4 is 29.4 Å². The van der Waals surface area contributed by atoms with E-state index in [-0.39, 0.29) is 29.8 Å². The van der Waals surface area contributed by atoms with E-state index in [9.17, 15) is 19.8 Å². The number of ether oxygens (including phenoxy) is 1. The number of rotatable bonds is 6. The van der Waals surface area contributed by atoms with Gasteiger partial charge in [-0.05, 0) is 86.1 Å². The molecule has 0 radical (unpaired) electrons. The second-order valence-electron chi connectivity index (χ2n) is 12.0. The standard InChI is InChI=1S/C29H44N2O5S/c1-19-11-14-31(15-12-19)26(34)17-22-23(33)8-9-24-28(22,2)13-10-25(29(24,3)18-32)36-27(35)30-20-6-5-7-21(16-20)37-4/h5-7,16,19,22-25,32-33H,8-15,17-18H2,1-4H3,(H,30,35)/t22-,23-,24?,25-,28+,29+/m1/s1. The maximum absolute atomic E-state index is 13.3. The summed E-state index contributed by atoms with van der Waals surface area (Å²) in [6.45, 7) is 7.88. The number of hydrogen-bond donors (Lipinski definition) is 3. The summed E-state index contributed by atoms with van der Waals surface area (Å²) in [5.74, 6) is 0.638.